The van der Waals surface area contributed by atoms with Crippen molar-refractivity contribution in [2.24, 2.45) is 5.92 Å². The van der Waals surface area contributed by atoms with Gasteiger partial charge in [-0.25, -0.2) is 0 Å². The fourth-order valence-electron chi connectivity index (χ4n) is 2.96. The summed E-state index contributed by atoms with van der Waals surface area (Å²) in [5.74, 6) is 0.782. The molecule has 2 aliphatic carbocycles. The molecule has 0 bridgehead atoms. The molecule has 2 nitrogen and oxygen atoms in total. The van der Waals surface area contributed by atoms with Crippen molar-refractivity contribution >= 4 is 5.69 Å². The van der Waals surface area contributed by atoms with Gasteiger partial charge in [-0.15, -0.1) is 0 Å². The van der Waals surface area contributed by atoms with Gasteiger partial charge in [-0.2, -0.15) is 0 Å². The zero-order valence-electron chi connectivity index (χ0n) is 13.9. The molecule has 21 heavy (non-hydrogen) atoms. The number of nitrogens with zero attached hydrogens (tertiary/aromatic N) is 1. The average molecular weight is 286 g/mol. The average Bonchev–Trinajstić information content (AvgIpc) is 3.32. The Morgan fingerprint density at radius 1 is 1.19 bits per heavy atom. The fourth-order valence-corrected chi connectivity index (χ4v) is 2.96. The summed E-state index contributed by atoms with van der Waals surface area (Å²) in [7, 11) is 0. The zero-order chi connectivity index (χ0) is 14.8. The minimum Gasteiger partial charge on any atom is -0.368 e. The number of anilines is 1. The van der Waals surface area contributed by atoms with Gasteiger partial charge < -0.3 is 10.2 Å². The maximum atomic E-state index is 3.69. The van der Waals surface area contributed by atoms with Crippen LogP contribution in [0.25, 0.3) is 0 Å². The molecule has 2 aliphatic rings. The van der Waals surface area contributed by atoms with E-state index in [1.807, 2.05) is 0 Å². The molecule has 0 aliphatic heterocycles. The Kier molecular flexibility index (Phi) is 4.54. The van der Waals surface area contributed by atoms with Crippen LogP contribution in [0.3, 0.4) is 0 Å². The molecule has 0 saturated heterocycles. The van der Waals surface area contributed by atoms with Gasteiger partial charge in [0.2, 0.25) is 0 Å². The quantitative estimate of drug-likeness (QED) is 0.768. The third kappa shape index (κ3) is 4.23. The summed E-state index contributed by atoms with van der Waals surface area (Å²) in [5.41, 5.74) is 4.36. The summed E-state index contributed by atoms with van der Waals surface area (Å²) in [4.78, 5) is 2.68. The number of benzene rings is 1. The molecule has 2 fully saturated rings. The first kappa shape index (κ1) is 14.9. The number of hydrogen-bond donors (Lipinski definition) is 1. The maximum absolute atomic E-state index is 3.69. The number of aryl methyl sites for hydroxylation is 1. The smallest absolute Gasteiger partial charge is 0.0414 e. The highest BCUT2D eigenvalue weighted by Gasteiger charge is 2.30. The summed E-state index contributed by atoms with van der Waals surface area (Å²) in [5, 5.41) is 3.69. The van der Waals surface area contributed by atoms with Crippen LogP contribution in [0.5, 0.6) is 0 Å². The van der Waals surface area contributed by atoms with Gasteiger partial charge in [0.05, 0.1) is 0 Å². The van der Waals surface area contributed by atoms with Gasteiger partial charge >= 0.3 is 0 Å². The lowest BCUT2D eigenvalue weighted by Crippen LogP contribution is -2.29. The van der Waals surface area contributed by atoms with Crippen molar-refractivity contribution in [3.05, 3.63) is 29.3 Å². The van der Waals surface area contributed by atoms with E-state index >= 15 is 0 Å². The first-order chi connectivity index (χ1) is 10.1. The van der Waals surface area contributed by atoms with Gasteiger partial charge in [-0.1, -0.05) is 31.5 Å². The van der Waals surface area contributed by atoms with Crippen molar-refractivity contribution in [1.29, 1.82) is 0 Å². The van der Waals surface area contributed by atoms with Crippen molar-refractivity contribution in [1.82, 2.24) is 5.32 Å². The van der Waals surface area contributed by atoms with Crippen LogP contribution in [0.2, 0.25) is 0 Å². The lowest BCUT2D eigenvalue weighted by Gasteiger charge is -2.28. The molecule has 3 rings (SSSR count). The van der Waals surface area contributed by atoms with E-state index in [1.165, 1.54) is 55.5 Å². The van der Waals surface area contributed by atoms with Crippen molar-refractivity contribution in [2.75, 3.05) is 11.4 Å². The summed E-state index contributed by atoms with van der Waals surface area (Å²) >= 11 is 0. The van der Waals surface area contributed by atoms with E-state index in [9.17, 15) is 0 Å². The Bertz CT molecular complexity index is 472. The Hall–Kier alpha value is -1.02. The highest BCUT2D eigenvalue weighted by atomic mass is 15.2. The summed E-state index contributed by atoms with van der Waals surface area (Å²) in [6, 6.07) is 8.60. The van der Waals surface area contributed by atoms with Crippen molar-refractivity contribution in [3.8, 4) is 0 Å². The number of rotatable bonds is 8. The molecule has 0 heterocycles. The molecular weight excluding hydrogens is 256 g/mol. The van der Waals surface area contributed by atoms with Crippen LogP contribution in [0.1, 0.15) is 57.1 Å². The molecule has 0 atom stereocenters. The van der Waals surface area contributed by atoms with Crippen LogP contribution in [0, 0.1) is 12.8 Å². The molecule has 1 aromatic carbocycles. The SMILES string of the molecule is Cc1ccc(N(CCC(C)C)C2CC2)c(CNC2CC2)c1. The highest BCUT2D eigenvalue weighted by molar-refractivity contribution is 5.56. The molecule has 2 heteroatoms. The lowest BCUT2D eigenvalue weighted by molar-refractivity contribution is 0.569. The molecule has 1 N–H and O–H groups in total. The molecule has 0 amide bonds. The molecule has 0 spiro atoms. The first-order valence-electron chi connectivity index (χ1n) is 8.73. The molecular formula is C19H30N2. The van der Waals surface area contributed by atoms with Crippen LogP contribution >= 0.6 is 0 Å². The monoisotopic (exact) mass is 286 g/mol. The van der Waals surface area contributed by atoms with Gasteiger partial charge in [0.15, 0.2) is 0 Å². The third-order valence-corrected chi connectivity index (χ3v) is 4.64. The molecule has 2 saturated carbocycles. The standard InChI is InChI=1S/C19H30N2/c1-14(2)10-11-21(18-7-8-18)19-9-4-15(3)12-16(19)13-20-17-5-6-17/h4,9,12,14,17-18,20H,5-8,10-11,13H2,1-3H3. The molecule has 1 aromatic rings. The Morgan fingerprint density at radius 2 is 1.95 bits per heavy atom. The molecule has 116 valence electrons. The van der Waals surface area contributed by atoms with Crippen LogP contribution in [0.4, 0.5) is 5.69 Å². The van der Waals surface area contributed by atoms with Crippen molar-refractivity contribution in [2.45, 2.75) is 71.5 Å². The second-order valence-corrected chi connectivity index (χ2v) is 7.39. The third-order valence-electron chi connectivity index (χ3n) is 4.64. The Labute approximate surface area is 129 Å². The summed E-state index contributed by atoms with van der Waals surface area (Å²) in [6.07, 6.45) is 6.77. The van der Waals surface area contributed by atoms with Gasteiger partial charge in [0.1, 0.15) is 0 Å². The van der Waals surface area contributed by atoms with Crippen LogP contribution in [-0.2, 0) is 6.54 Å². The summed E-state index contributed by atoms with van der Waals surface area (Å²) in [6.45, 7) is 9.11. The Balaban J connectivity index is 1.75. The van der Waals surface area contributed by atoms with E-state index in [0.717, 1.165) is 24.5 Å². The van der Waals surface area contributed by atoms with Gasteiger partial charge in [-0.3, -0.25) is 0 Å². The van der Waals surface area contributed by atoms with E-state index in [4.69, 9.17) is 0 Å². The van der Waals surface area contributed by atoms with Gasteiger partial charge in [-0.05, 0) is 56.6 Å². The second-order valence-electron chi connectivity index (χ2n) is 7.39. The normalized spacial score (nSPS) is 18.3. The van der Waals surface area contributed by atoms with Crippen LogP contribution < -0.4 is 10.2 Å². The Morgan fingerprint density at radius 3 is 2.57 bits per heavy atom. The van der Waals surface area contributed by atoms with Crippen LogP contribution in [-0.4, -0.2) is 18.6 Å². The minimum atomic E-state index is 0.781. The minimum absolute atomic E-state index is 0.781. The van der Waals surface area contributed by atoms with E-state index < -0.39 is 0 Å². The van der Waals surface area contributed by atoms with Gasteiger partial charge in [0, 0.05) is 30.9 Å². The fraction of sp³-hybridized carbons (Fsp3) is 0.684. The molecule has 0 unspecified atom stereocenters. The first-order valence-corrected chi connectivity index (χ1v) is 8.73. The maximum Gasteiger partial charge on any atom is 0.0414 e. The van der Waals surface area contributed by atoms with E-state index in [0.29, 0.717) is 0 Å². The van der Waals surface area contributed by atoms with Crippen LogP contribution in [0.15, 0.2) is 18.2 Å². The van der Waals surface area contributed by atoms with E-state index in [2.05, 4.69) is 49.2 Å². The highest BCUT2D eigenvalue weighted by Crippen LogP contribution is 2.35. The van der Waals surface area contributed by atoms with E-state index in [-0.39, 0.29) is 0 Å². The lowest BCUT2D eigenvalue weighted by atomic mass is 10.1. The predicted molar refractivity (Wildman–Crippen MR) is 90.9 cm³/mol. The number of nitrogens with one attached hydrogen (secondary N) is 1. The molecule has 0 aromatic heterocycles. The van der Waals surface area contributed by atoms with Crippen molar-refractivity contribution in [3.63, 3.8) is 0 Å². The zero-order valence-corrected chi connectivity index (χ0v) is 13.9. The summed E-state index contributed by atoms with van der Waals surface area (Å²) < 4.78 is 0. The number of hydrogen-bond acceptors (Lipinski definition) is 2. The largest absolute Gasteiger partial charge is 0.368 e. The van der Waals surface area contributed by atoms with E-state index in [1.54, 1.807) is 0 Å². The molecule has 0 radical (unpaired) electrons. The predicted octanol–water partition coefficient (Wildman–Crippen LogP) is 4.26. The van der Waals surface area contributed by atoms with Crippen molar-refractivity contribution < 1.29 is 0 Å². The topological polar surface area (TPSA) is 15.3 Å². The van der Waals surface area contributed by atoms with Gasteiger partial charge in [0.25, 0.3) is 0 Å². The second kappa shape index (κ2) is 6.39.